The minimum atomic E-state index is -0.667. The quantitative estimate of drug-likeness (QED) is 0.575. The molecule has 0 aliphatic rings. The monoisotopic (exact) mass is 424 g/mol. The van der Waals surface area contributed by atoms with Gasteiger partial charge in [0.2, 0.25) is 0 Å². The molecule has 164 valence electrons. The molecular formula is C22H28N6O3. The molecular weight excluding hydrogens is 396 g/mol. The van der Waals surface area contributed by atoms with Crippen LogP contribution in [0.15, 0.2) is 52.6 Å². The fraction of sp³-hybridized carbons (Fsp3) is 0.364. The third kappa shape index (κ3) is 4.76. The van der Waals surface area contributed by atoms with Crippen molar-refractivity contribution >= 4 is 17.4 Å². The summed E-state index contributed by atoms with van der Waals surface area (Å²) >= 11 is 0. The highest BCUT2D eigenvalue weighted by atomic mass is 16.2. The second-order valence-corrected chi connectivity index (χ2v) is 7.82. The van der Waals surface area contributed by atoms with Gasteiger partial charge in [-0.25, -0.2) is 9.78 Å². The number of nitrogen functional groups attached to an aromatic ring is 1. The fourth-order valence-corrected chi connectivity index (χ4v) is 3.36. The molecule has 1 amide bonds. The Morgan fingerprint density at radius 2 is 1.94 bits per heavy atom. The maximum Gasteiger partial charge on any atom is 0.330 e. The van der Waals surface area contributed by atoms with Gasteiger partial charge < -0.3 is 15.2 Å². The summed E-state index contributed by atoms with van der Waals surface area (Å²) in [6, 6.07) is 7.00. The van der Waals surface area contributed by atoms with Crippen LogP contribution in [0.4, 0.5) is 11.5 Å². The lowest BCUT2D eigenvalue weighted by Crippen LogP contribution is -2.42. The van der Waals surface area contributed by atoms with E-state index in [1.807, 2.05) is 31.5 Å². The molecule has 0 unspecified atom stereocenters. The van der Waals surface area contributed by atoms with Crippen LogP contribution >= 0.6 is 0 Å². The highest BCUT2D eigenvalue weighted by Crippen LogP contribution is 2.22. The smallest absolute Gasteiger partial charge is 0.330 e. The number of rotatable bonds is 8. The van der Waals surface area contributed by atoms with Crippen LogP contribution in [0.5, 0.6) is 0 Å². The average Bonchev–Trinajstić information content (AvgIpc) is 3.27. The summed E-state index contributed by atoms with van der Waals surface area (Å²) in [6.45, 7) is 6.53. The first kappa shape index (κ1) is 22.1. The maximum absolute atomic E-state index is 13.4. The average molecular weight is 425 g/mol. The van der Waals surface area contributed by atoms with E-state index >= 15 is 0 Å². The number of aromatic amines is 1. The zero-order chi connectivity index (χ0) is 22.5. The number of nitrogens with two attached hydrogens (primary N) is 1. The number of unbranched alkanes of at least 4 members (excludes halogenated alkanes) is 1. The van der Waals surface area contributed by atoms with Gasteiger partial charge >= 0.3 is 5.69 Å². The number of carbonyl (C=O) groups excluding carboxylic acids is 1. The Labute approximate surface area is 180 Å². The molecule has 1 aromatic carbocycles. The highest BCUT2D eigenvalue weighted by molar-refractivity contribution is 6.07. The third-order valence-electron chi connectivity index (χ3n) is 4.93. The number of carbonyl (C=O) groups is 1. The van der Waals surface area contributed by atoms with Crippen molar-refractivity contribution in [3.05, 3.63) is 69.4 Å². The van der Waals surface area contributed by atoms with Gasteiger partial charge in [0.05, 0.1) is 6.33 Å². The van der Waals surface area contributed by atoms with Crippen molar-refractivity contribution in [1.82, 2.24) is 19.1 Å². The molecule has 0 saturated carbocycles. The van der Waals surface area contributed by atoms with Gasteiger partial charge in [0.1, 0.15) is 5.82 Å². The van der Waals surface area contributed by atoms with Crippen LogP contribution in [0.2, 0.25) is 0 Å². The van der Waals surface area contributed by atoms with E-state index in [1.165, 1.54) is 9.47 Å². The Kier molecular flexibility index (Phi) is 6.74. The molecule has 0 atom stereocenters. The van der Waals surface area contributed by atoms with Crippen molar-refractivity contribution in [3.8, 4) is 5.69 Å². The number of imidazole rings is 1. The summed E-state index contributed by atoms with van der Waals surface area (Å²) in [5, 5.41) is 0. The summed E-state index contributed by atoms with van der Waals surface area (Å²) in [6.07, 6.45) is 6.73. The van der Waals surface area contributed by atoms with E-state index in [4.69, 9.17) is 5.73 Å². The number of amides is 1. The van der Waals surface area contributed by atoms with Gasteiger partial charge in [-0.3, -0.25) is 19.1 Å². The zero-order valence-corrected chi connectivity index (χ0v) is 18.0. The van der Waals surface area contributed by atoms with E-state index < -0.39 is 11.2 Å². The van der Waals surface area contributed by atoms with Gasteiger partial charge in [-0.2, -0.15) is 0 Å². The number of nitrogens with one attached hydrogen (secondary N) is 1. The van der Waals surface area contributed by atoms with E-state index in [0.29, 0.717) is 12.1 Å². The second-order valence-electron chi connectivity index (χ2n) is 7.82. The fourth-order valence-electron chi connectivity index (χ4n) is 3.36. The number of anilines is 2. The SMILES string of the molecule is CCCCn1c(N)c(N(CC(C)C)C(=O)c2ccc(-n3ccnc3)cc2)c(=O)[nH]c1=O. The Morgan fingerprint density at radius 1 is 1.23 bits per heavy atom. The van der Waals surface area contributed by atoms with Crippen molar-refractivity contribution in [2.24, 2.45) is 5.92 Å². The molecule has 0 radical (unpaired) electrons. The molecule has 2 heterocycles. The molecule has 0 saturated heterocycles. The molecule has 0 spiro atoms. The summed E-state index contributed by atoms with van der Waals surface area (Å²) in [5.41, 5.74) is 6.29. The normalized spacial score (nSPS) is 11.1. The van der Waals surface area contributed by atoms with Crippen LogP contribution in [-0.2, 0) is 6.54 Å². The molecule has 9 nitrogen and oxygen atoms in total. The van der Waals surface area contributed by atoms with Crippen molar-refractivity contribution in [2.75, 3.05) is 17.2 Å². The molecule has 3 rings (SSSR count). The van der Waals surface area contributed by atoms with E-state index in [0.717, 1.165) is 18.5 Å². The number of hydrogen-bond donors (Lipinski definition) is 2. The van der Waals surface area contributed by atoms with Crippen LogP contribution in [0, 0.1) is 5.92 Å². The molecule has 0 bridgehead atoms. The van der Waals surface area contributed by atoms with Crippen LogP contribution in [0.3, 0.4) is 0 Å². The van der Waals surface area contributed by atoms with Crippen LogP contribution < -0.4 is 21.9 Å². The Bertz CT molecular complexity index is 1140. The Balaban J connectivity index is 2.03. The van der Waals surface area contributed by atoms with Crippen molar-refractivity contribution in [2.45, 2.75) is 40.2 Å². The first-order valence-electron chi connectivity index (χ1n) is 10.4. The minimum absolute atomic E-state index is 0.00577. The molecule has 31 heavy (non-hydrogen) atoms. The van der Waals surface area contributed by atoms with Crippen LogP contribution in [0.25, 0.3) is 5.69 Å². The van der Waals surface area contributed by atoms with Gasteiger partial charge in [-0.15, -0.1) is 0 Å². The minimum Gasteiger partial charge on any atom is -0.383 e. The summed E-state index contributed by atoms with van der Waals surface area (Å²) < 4.78 is 3.15. The van der Waals surface area contributed by atoms with Gasteiger partial charge in [-0.1, -0.05) is 27.2 Å². The molecule has 0 aliphatic heterocycles. The first-order valence-corrected chi connectivity index (χ1v) is 10.4. The van der Waals surface area contributed by atoms with Gasteiger partial charge in [0.25, 0.3) is 11.5 Å². The lowest BCUT2D eigenvalue weighted by Gasteiger charge is -2.26. The molecule has 9 heteroatoms. The van der Waals surface area contributed by atoms with Gasteiger partial charge in [0, 0.05) is 36.7 Å². The van der Waals surface area contributed by atoms with Crippen LogP contribution in [-0.4, -0.2) is 31.6 Å². The lowest BCUT2D eigenvalue weighted by atomic mass is 10.1. The highest BCUT2D eigenvalue weighted by Gasteiger charge is 2.26. The molecule has 0 fully saturated rings. The maximum atomic E-state index is 13.4. The number of H-pyrrole nitrogens is 1. The largest absolute Gasteiger partial charge is 0.383 e. The molecule has 3 N–H and O–H groups in total. The molecule has 0 aliphatic carbocycles. The predicted octanol–water partition coefficient (Wildman–Crippen LogP) is 2.41. The van der Waals surface area contributed by atoms with Gasteiger partial charge in [0.15, 0.2) is 5.69 Å². The predicted molar refractivity (Wildman–Crippen MR) is 121 cm³/mol. The van der Waals surface area contributed by atoms with Crippen molar-refractivity contribution in [3.63, 3.8) is 0 Å². The third-order valence-corrected chi connectivity index (χ3v) is 4.93. The Morgan fingerprint density at radius 3 is 2.52 bits per heavy atom. The first-order chi connectivity index (χ1) is 14.8. The van der Waals surface area contributed by atoms with E-state index in [-0.39, 0.29) is 29.9 Å². The topological polar surface area (TPSA) is 119 Å². The van der Waals surface area contributed by atoms with E-state index in [2.05, 4.69) is 9.97 Å². The van der Waals surface area contributed by atoms with Gasteiger partial charge in [-0.05, 0) is 36.6 Å². The summed E-state index contributed by atoms with van der Waals surface area (Å²) in [5.74, 6) is -0.279. The standard InChI is InChI=1S/C22H28N6O3/c1-4-5-11-27-19(23)18(20(29)25-22(27)31)28(13-15(2)3)21(30)16-6-8-17(9-7-16)26-12-10-24-14-26/h6-10,12,14-15H,4-5,11,13,23H2,1-3H3,(H,25,29,31). The summed E-state index contributed by atoms with van der Waals surface area (Å²) in [7, 11) is 0. The number of hydrogen-bond acceptors (Lipinski definition) is 5. The zero-order valence-electron chi connectivity index (χ0n) is 18.0. The second kappa shape index (κ2) is 9.46. The number of benzene rings is 1. The lowest BCUT2D eigenvalue weighted by molar-refractivity contribution is 0.0983. The van der Waals surface area contributed by atoms with E-state index in [1.54, 1.807) is 36.8 Å². The molecule has 3 aromatic rings. The van der Waals surface area contributed by atoms with Crippen molar-refractivity contribution < 1.29 is 4.79 Å². The molecule has 2 aromatic heterocycles. The van der Waals surface area contributed by atoms with Crippen molar-refractivity contribution in [1.29, 1.82) is 0 Å². The summed E-state index contributed by atoms with van der Waals surface area (Å²) in [4.78, 5) is 46.1. The number of nitrogens with zero attached hydrogens (tertiary/aromatic N) is 4. The number of aromatic nitrogens is 4. The van der Waals surface area contributed by atoms with E-state index in [9.17, 15) is 14.4 Å². The Hall–Kier alpha value is -3.62. The van der Waals surface area contributed by atoms with Crippen LogP contribution in [0.1, 0.15) is 44.0 Å².